The second kappa shape index (κ2) is 5.19. The molecule has 84 valence electrons. The van der Waals surface area contributed by atoms with E-state index in [0.29, 0.717) is 13.1 Å². The predicted octanol–water partition coefficient (Wildman–Crippen LogP) is 0.973. The number of hydrogen-bond acceptors (Lipinski definition) is 4. The quantitative estimate of drug-likeness (QED) is 0.758. The van der Waals surface area contributed by atoms with E-state index >= 15 is 0 Å². The lowest BCUT2D eigenvalue weighted by Crippen LogP contribution is -2.42. The van der Waals surface area contributed by atoms with Crippen LogP contribution < -0.4 is 5.32 Å². The largest absolute Gasteiger partial charge is 0.389 e. The molecule has 0 aliphatic heterocycles. The summed E-state index contributed by atoms with van der Waals surface area (Å²) in [6.45, 7) is 7.04. The maximum absolute atomic E-state index is 9.97. The summed E-state index contributed by atoms with van der Waals surface area (Å²) in [5.74, 6) is 0.229. The first kappa shape index (κ1) is 12.1. The van der Waals surface area contributed by atoms with Crippen molar-refractivity contribution in [3.05, 3.63) is 24.0 Å². The fraction of sp³-hybridized carbons (Fsp3) is 0.636. The van der Waals surface area contributed by atoms with Crippen LogP contribution in [0, 0.1) is 5.92 Å². The molecule has 4 heteroatoms. The molecule has 0 saturated heterocycles. The first-order valence-electron chi connectivity index (χ1n) is 5.22. The monoisotopic (exact) mass is 209 g/mol. The Balaban J connectivity index is 2.34. The van der Waals surface area contributed by atoms with Crippen molar-refractivity contribution in [1.82, 2.24) is 15.5 Å². The van der Waals surface area contributed by atoms with Crippen LogP contribution in [0.2, 0.25) is 0 Å². The van der Waals surface area contributed by atoms with Crippen molar-refractivity contribution in [1.29, 1.82) is 0 Å². The molecule has 0 spiro atoms. The van der Waals surface area contributed by atoms with Crippen molar-refractivity contribution >= 4 is 0 Å². The normalized spacial score (nSPS) is 15.3. The maximum atomic E-state index is 9.97. The van der Waals surface area contributed by atoms with E-state index in [0.717, 1.165) is 5.69 Å². The van der Waals surface area contributed by atoms with E-state index < -0.39 is 5.60 Å². The highest BCUT2D eigenvalue weighted by Crippen LogP contribution is 2.14. The number of rotatable bonds is 5. The van der Waals surface area contributed by atoms with E-state index in [9.17, 15) is 5.11 Å². The van der Waals surface area contributed by atoms with Crippen LogP contribution in [0.5, 0.6) is 0 Å². The topological polar surface area (TPSA) is 58.0 Å². The van der Waals surface area contributed by atoms with Crippen molar-refractivity contribution < 1.29 is 5.11 Å². The van der Waals surface area contributed by atoms with Gasteiger partial charge in [0.1, 0.15) is 0 Å². The van der Waals surface area contributed by atoms with Gasteiger partial charge in [0.2, 0.25) is 0 Å². The molecular weight excluding hydrogens is 190 g/mol. The zero-order valence-corrected chi connectivity index (χ0v) is 9.57. The van der Waals surface area contributed by atoms with Gasteiger partial charge in [0.25, 0.3) is 0 Å². The summed E-state index contributed by atoms with van der Waals surface area (Å²) in [5.41, 5.74) is 0.208. The second-order valence-electron chi connectivity index (χ2n) is 4.33. The van der Waals surface area contributed by atoms with Gasteiger partial charge in [-0.2, -0.15) is 10.2 Å². The van der Waals surface area contributed by atoms with Gasteiger partial charge in [0.05, 0.1) is 11.3 Å². The Kier molecular flexibility index (Phi) is 4.17. The molecule has 0 fully saturated rings. The third-order valence-corrected chi connectivity index (χ3v) is 2.66. The molecular formula is C11H19N3O. The second-order valence-corrected chi connectivity index (χ2v) is 4.33. The third-order valence-electron chi connectivity index (χ3n) is 2.66. The summed E-state index contributed by atoms with van der Waals surface area (Å²) in [6.07, 6.45) is 1.65. The summed E-state index contributed by atoms with van der Waals surface area (Å²) in [4.78, 5) is 0. The number of hydrogen-bond donors (Lipinski definition) is 2. The van der Waals surface area contributed by atoms with Crippen molar-refractivity contribution in [2.75, 3.05) is 6.54 Å². The molecule has 0 aromatic carbocycles. The van der Waals surface area contributed by atoms with Crippen LogP contribution in [0.4, 0.5) is 0 Å². The molecule has 0 radical (unpaired) electrons. The van der Waals surface area contributed by atoms with E-state index in [1.54, 1.807) is 6.20 Å². The number of aromatic nitrogens is 2. The van der Waals surface area contributed by atoms with Crippen molar-refractivity contribution in [3.8, 4) is 0 Å². The summed E-state index contributed by atoms with van der Waals surface area (Å²) in [5, 5.41) is 20.9. The fourth-order valence-corrected chi connectivity index (χ4v) is 1.08. The van der Waals surface area contributed by atoms with Crippen LogP contribution in [0.1, 0.15) is 26.5 Å². The maximum Gasteiger partial charge on any atom is 0.0768 e. The first-order valence-corrected chi connectivity index (χ1v) is 5.22. The minimum atomic E-state index is -0.678. The average Bonchev–Trinajstić information content (AvgIpc) is 2.19. The Labute approximate surface area is 90.7 Å². The van der Waals surface area contributed by atoms with Gasteiger partial charge in [-0.15, -0.1) is 0 Å². The summed E-state index contributed by atoms with van der Waals surface area (Å²) in [7, 11) is 0. The minimum Gasteiger partial charge on any atom is -0.389 e. The Bertz CT molecular complexity index is 285. The molecule has 1 unspecified atom stereocenters. The Hall–Kier alpha value is -1.00. The molecule has 1 aromatic heterocycles. The van der Waals surface area contributed by atoms with Crippen molar-refractivity contribution in [3.63, 3.8) is 0 Å². The lowest BCUT2D eigenvalue weighted by molar-refractivity contribution is 0.0139. The SMILES string of the molecule is CC(C)C(C)(O)CNCc1cccnn1. The highest BCUT2D eigenvalue weighted by Gasteiger charge is 2.23. The Morgan fingerprint density at radius 3 is 2.80 bits per heavy atom. The van der Waals surface area contributed by atoms with E-state index in [4.69, 9.17) is 0 Å². The van der Waals surface area contributed by atoms with Crippen LogP contribution in [-0.4, -0.2) is 27.4 Å². The van der Waals surface area contributed by atoms with E-state index in [1.807, 2.05) is 32.9 Å². The van der Waals surface area contributed by atoms with Gasteiger partial charge in [-0.25, -0.2) is 0 Å². The van der Waals surface area contributed by atoms with Crippen LogP contribution >= 0.6 is 0 Å². The zero-order chi connectivity index (χ0) is 11.3. The number of aliphatic hydroxyl groups is 1. The van der Waals surface area contributed by atoms with Gasteiger partial charge in [0, 0.05) is 19.3 Å². The summed E-state index contributed by atoms with van der Waals surface area (Å²) >= 11 is 0. The van der Waals surface area contributed by atoms with Crippen molar-refractivity contribution in [2.45, 2.75) is 32.9 Å². The van der Waals surface area contributed by atoms with E-state index in [-0.39, 0.29) is 5.92 Å². The molecule has 0 bridgehead atoms. The Morgan fingerprint density at radius 2 is 2.27 bits per heavy atom. The van der Waals surface area contributed by atoms with Gasteiger partial charge in [-0.1, -0.05) is 13.8 Å². The molecule has 2 N–H and O–H groups in total. The molecule has 4 nitrogen and oxygen atoms in total. The number of nitrogens with zero attached hydrogens (tertiary/aromatic N) is 2. The van der Waals surface area contributed by atoms with Crippen LogP contribution in [0.3, 0.4) is 0 Å². The van der Waals surface area contributed by atoms with E-state index in [2.05, 4.69) is 15.5 Å². The standard InChI is InChI=1S/C11H19N3O/c1-9(2)11(3,15)8-12-7-10-5-4-6-13-14-10/h4-6,9,12,15H,7-8H2,1-3H3. The van der Waals surface area contributed by atoms with Crippen molar-refractivity contribution in [2.24, 2.45) is 5.92 Å². The molecule has 15 heavy (non-hydrogen) atoms. The molecule has 0 aliphatic rings. The Morgan fingerprint density at radius 1 is 1.53 bits per heavy atom. The number of nitrogens with one attached hydrogen (secondary N) is 1. The summed E-state index contributed by atoms with van der Waals surface area (Å²) in [6, 6.07) is 3.76. The molecule has 0 aliphatic carbocycles. The lowest BCUT2D eigenvalue weighted by Gasteiger charge is -2.27. The fourth-order valence-electron chi connectivity index (χ4n) is 1.08. The van der Waals surface area contributed by atoms with Gasteiger partial charge in [0.15, 0.2) is 0 Å². The lowest BCUT2D eigenvalue weighted by atomic mass is 9.92. The first-order chi connectivity index (χ1) is 7.02. The molecule has 1 aromatic rings. The van der Waals surface area contributed by atoms with Crippen LogP contribution in [0.25, 0.3) is 0 Å². The predicted molar refractivity (Wildman–Crippen MR) is 59.2 cm³/mol. The average molecular weight is 209 g/mol. The third kappa shape index (κ3) is 3.93. The van der Waals surface area contributed by atoms with Gasteiger partial charge >= 0.3 is 0 Å². The van der Waals surface area contributed by atoms with Gasteiger partial charge in [-0.05, 0) is 25.0 Å². The molecule has 1 heterocycles. The van der Waals surface area contributed by atoms with Gasteiger partial charge in [-0.3, -0.25) is 0 Å². The van der Waals surface area contributed by atoms with Crippen LogP contribution in [-0.2, 0) is 6.54 Å². The highest BCUT2D eigenvalue weighted by molar-refractivity contribution is 4.98. The molecule has 0 saturated carbocycles. The molecule has 0 amide bonds. The smallest absolute Gasteiger partial charge is 0.0768 e. The zero-order valence-electron chi connectivity index (χ0n) is 9.57. The molecule has 1 rings (SSSR count). The highest BCUT2D eigenvalue weighted by atomic mass is 16.3. The van der Waals surface area contributed by atoms with E-state index in [1.165, 1.54) is 0 Å². The van der Waals surface area contributed by atoms with Gasteiger partial charge < -0.3 is 10.4 Å². The van der Waals surface area contributed by atoms with Crippen LogP contribution in [0.15, 0.2) is 18.3 Å². The molecule has 1 atom stereocenters. The summed E-state index contributed by atoms with van der Waals surface area (Å²) < 4.78 is 0. The minimum absolute atomic E-state index is 0.229.